The average molecular weight is 242 g/mol. The molecule has 0 amide bonds. The van der Waals surface area contributed by atoms with Crippen molar-refractivity contribution in [1.29, 1.82) is 0 Å². The van der Waals surface area contributed by atoms with E-state index < -0.39 is 0 Å². The minimum Gasteiger partial charge on any atom is -0.268 e. The monoisotopic (exact) mass is 242 g/mol. The van der Waals surface area contributed by atoms with Crippen LogP contribution in [0.1, 0.15) is 0 Å². The summed E-state index contributed by atoms with van der Waals surface area (Å²) in [6.07, 6.45) is 3.74. The summed E-state index contributed by atoms with van der Waals surface area (Å²) < 4.78 is 1.58. The highest BCUT2D eigenvalue weighted by molar-refractivity contribution is 7.98. The summed E-state index contributed by atoms with van der Waals surface area (Å²) in [4.78, 5) is 17.8. The van der Waals surface area contributed by atoms with Crippen LogP contribution in [0.5, 0.6) is 0 Å². The van der Waals surface area contributed by atoms with Gasteiger partial charge in [-0.25, -0.2) is 4.98 Å². The number of hydrogen-bond acceptors (Lipinski definition) is 3. The minimum absolute atomic E-state index is 0.0125. The molecule has 84 valence electrons. The smallest absolute Gasteiger partial charge is 0.265 e. The van der Waals surface area contributed by atoms with Crippen LogP contribution in [-0.4, -0.2) is 15.6 Å². The van der Waals surface area contributed by atoms with Gasteiger partial charge >= 0.3 is 0 Å². The first kappa shape index (κ1) is 10.4. The van der Waals surface area contributed by atoms with E-state index in [0.29, 0.717) is 11.0 Å². The van der Waals surface area contributed by atoms with Crippen molar-refractivity contribution in [2.45, 2.75) is 4.90 Å². The maximum Gasteiger partial charge on any atom is 0.265 e. The van der Waals surface area contributed by atoms with Crippen molar-refractivity contribution >= 4 is 28.3 Å². The third-order valence-electron chi connectivity index (χ3n) is 2.73. The Hall–Kier alpha value is -1.81. The summed E-state index contributed by atoms with van der Waals surface area (Å²) >= 11 is 1.62. The molecule has 0 saturated heterocycles. The molecular weight excluding hydrogens is 232 g/mol. The normalized spacial score (nSPS) is 11.1. The minimum atomic E-state index is -0.0125. The predicted octanol–water partition coefficient (Wildman–Crippen LogP) is 2.57. The lowest BCUT2D eigenvalue weighted by molar-refractivity contribution is 1.08. The van der Waals surface area contributed by atoms with Gasteiger partial charge in [-0.05, 0) is 36.6 Å². The number of benzene rings is 1. The van der Waals surface area contributed by atoms with Crippen LogP contribution in [0.25, 0.3) is 16.6 Å². The fourth-order valence-electron chi connectivity index (χ4n) is 1.86. The molecule has 2 aromatic heterocycles. The Bertz CT molecular complexity index is 764. The lowest BCUT2D eigenvalue weighted by Gasteiger charge is -2.03. The first-order valence-electron chi connectivity index (χ1n) is 5.25. The average Bonchev–Trinajstić information content (AvgIpc) is 2.39. The van der Waals surface area contributed by atoms with Crippen LogP contribution >= 0.6 is 11.8 Å². The maximum absolute atomic E-state index is 12.3. The van der Waals surface area contributed by atoms with E-state index in [9.17, 15) is 4.79 Å². The Morgan fingerprint density at radius 2 is 2.12 bits per heavy atom. The van der Waals surface area contributed by atoms with E-state index in [0.717, 1.165) is 10.4 Å². The fraction of sp³-hybridized carbons (Fsp3) is 0.0769. The highest BCUT2D eigenvalue weighted by Gasteiger charge is 2.05. The topological polar surface area (TPSA) is 34.4 Å². The molecule has 4 heteroatoms. The molecule has 3 aromatic rings. The second-order valence-corrected chi connectivity index (χ2v) is 4.61. The van der Waals surface area contributed by atoms with Gasteiger partial charge in [0.2, 0.25) is 0 Å². The molecule has 0 bridgehead atoms. The summed E-state index contributed by atoms with van der Waals surface area (Å²) in [6, 6.07) is 11.3. The van der Waals surface area contributed by atoms with Gasteiger partial charge in [0.1, 0.15) is 5.65 Å². The van der Waals surface area contributed by atoms with Gasteiger partial charge in [0.15, 0.2) is 0 Å². The first-order chi connectivity index (χ1) is 8.29. The lowest BCUT2D eigenvalue weighted by Crippen LogP contribution is -2.14. The largest absolute Gasteiger partial charge is 0.268 e. The van der Waals surface area contributed by atoms with Crippen molar-refractivity contribution in [2.24, 2.45) is 0 Å². The van der Waals surface area contributed by atoms with E-state index in [1.807, 2.05) is 42.7 Å². The molecule has 0 fully saturated rings. The Labute approximate surface area is 102 Å². The number of thioether (sulfide) groups is 1. The number of hydrogen-bond donors (Lipinski definition) is 0. The summed E-state index contributed by atoms with van der Waals surface area (Å²) in [6.45, 7) is 0. The number of nitrogens with zero attached hydrogens (tertiary/aromatic N) is 2. The Morgan fingerprint density at radius 1 is 1.24 bits per heavy atom. The van der Waals surface area contributed by atoms with Gasteiger partial charge in [-0.3, -0.25) is 9.20 Å². The highest BCUT2D eigenvalue weighted by atomic mass is 32.2. The molecule has 3 rings (SSSR count). The Balaban J connectivity index is 2.51. The van der Waals surface area contributed by atoms with Crippen molar-refractivity contribution in [2.75, 3.05) is 6.26 Å². The zero-order valence-corrected chi connectivity index (χ0v) is 10.1. The van der Waals surface area contributed by atoms with Crippen LogP contribution in [0.2, 0.25) is 0 Å². The van der Waals surface area contributed by atoms with Crippen LogP contribution in [0.4, 0.5) is 0 Å². The van der Waals surface area contributed by atoms with Gasteiger partial charge < -0.3 is 0 Å². The van der Waals surface area contributed by atoms with Crippen molar-refractivity contribution in [3.63, 3.8) is 0 Å². The number of fused-ring (bicyclic) bond motifs is 2. The van der Waals surface area contributed by atoms with Gasteiger partial charge in [-0.1, -0.05) is 6.07 Å². The standard InChI is InChI=1S/C13H10N2OS/c1-17-9-5-6-11-10(8-9)13(16)15-7-3-2-4-12(15)14-11/h2-8H,1H3. The van der Waals surface area contributed by atoms with Crippen molar-refractivity contribution in [3.8, 4) is 0 Å². The Morgan fingerprint density at radius 3 is 2.94 bits per heavy atom. The summed E-state index contributed by atoms with van der Waals surface area (Å²) in [7, 11) is 0. The molecule has 0 aliphatic rings. The summed E-state index contributed by atoms with van der Waals surface area (Å²) in [5.41, 5.74) is 1.42. The van der Waals surface area contributed by atoms with Crippen LogP contribution in [-0.2, 0) is 0 Å². The van der Waals surface area contributed by atoms with Gasteiger partial charge in [0.25, 0.3) is 5.56 Å². The molecule has 0 atom stereocenters. The summed E-state index contributed by atoms with van der Waals surface area (Å²) in [5, 5.41) is 0.667. The van der Waals surface area contributed by atoms with Crippen LogP contribution < -0.4 is 5.56 Å². The molecule has 0 unspecified atom stereocenters. The van der Waals surface area contributed by atoms with Gasteiger partial charge in [0.05, 0.1) is 10.9 Å². The van der Waals surface area contributed by atoms with Gasteiger partial charge in [-0.2, -0.15) is 0 Å². The SMILES string of the molecule is CSc1ccc2nc3ccccn3c(=O)c2c1. The second-order valence-electron chi connectivity index (χ2n) is 3.73. The molecule has 0 N–H and O–H groups in total. The summed E-state index contributed by atoms with van der Waals surface area (Å²) in [5.74, 6) is 0. The van der Waals surface area contributed by atoms with Crippen molar-refractivity contribution in [3.05, 3.63) is 52.9 Å². The molecule has 1 aromatic carbocycles. The van der Waals surface area contributed by atoms with E-state index in [4.69, 9.17) is 0 Å². The van der Waals surface area contributed by atoms with Gasteiger partial charge in [-0.15, -0.1) is 11.8 Å². The van der Waals surface area contributed by atoms with E-state index in [2.05, 4.69) is 4.98 Å². The van der Waals surface area contributed by atoms with E-state index in [1.54, 1.807) is 22.4 Å². The number of rotatable bonds is 1. The molecule has 17 heavy (non-hydrogen) atoms. The van der Waals surface area contributed by atoms with Crippen molar-refractivity contribution in [1.82, 2.24) is 9.38 Å². The quantitative estimate of drug-likeness (QED) is 0.486. The molecule has 0 aliphatic carbocycles. The molecule has 0 spiro atoms. The number of pyridine rings is 1. The predicted molar refractivity (Wildman–Crippen MR) is 70.7 cm³/mol. The molecule has 0 radical (unpaired) electrons. The highest BCUT2D eigenvalue weighted by Crippen LogP contribution is 2.18. The zero-order valence-electron chi connectivity index (χ0n) is 9.25. The molecule has 0 aliphatic heterocycles. The molecule has 0 saturated carbocycles. The fourth-order valence-corrected chi connectivity index (χ4v) is 2.30. The second kappa shape index (κ2) is 3.89. The lowest BCUT2D eigenvalue weighted by atomic mass is 10.2. The van der Waals surface area contributed by atoms with Crippen LogP contribution in [0.3, 0.4) is 0 Å². The molecule has 3 nitrogen and oxygen atoms in total. The first-order valence-corrected chi connectivity index (χ1v) is 6.47. The molecular formula is C13H10N2OS. The van der Waals surface area contributed by atoms with Crippen LogP contribution in [0, 0.1) is 0 Å². The third kappa shape index (κ3) is 1.61. The van der Waals surface area contributed by atoms with E-state index in [1.165, 1.54) is 0 Å². The van der Waals surface area contributed by atoms with Crippen molar-refractivity contribution < 1.29 is 0 Å². The molecule has 2 heterocycles. The zero-order chi connectivity index (χ0) is 11.8. The Kier molecular flexibility index (Phi) is 2.37. The number of aromatic nitrogens is 2. The van der Waals surface area contributed by atoms with E-state index >= 15 is 0 Å². The third-order valence-corrected chi connectivity index (χ3v) is 3.45. The van der Waals surface area contributed by atoms with Crippen LogP contribution in [0.15, 0.2) is 52.3 Å². The van der Waals surface area contributed by atoms with E-state index in [-0.39, 0.29) is 5.56 Å². The van der Waals surface area contributed by atoms with Gasteiger partial charge in [0, 0.05) is 11.1 Å². The maximum atomic E-state index is 12.3.